The Morgan fingerprint density at radius 3 is 2.67 bits per heavy atom. The zero-order valence-electron chi connectivity index (χ0n) is 5.59. The fourth-order valence-corrected chi connectivity index (χ4v) is 0.796. The van der Waals surface area contributed by atoms with Gasteiger partial charge in [0.15, 0.2) is 0 Å². The molecule has 9 heavy (non-hydrogen) atoms. The lowest BCUT2D eigenvalue weighted by Gasteiger charge is -1.91. The van der Waals surface area contributed by atoms with Crippen molar-refractivity contribution < 1.29 is 9.32 Å². The molecule has 0 radical (unpaired) electrons. The van der Waals surface area contributed by atoms with Crippen molar-refractivity contribution in [2.75, 3.05) is 0 Å². The van der Waals surface area contributed by atoms with E-state index in [1.807, 2.05) is 0 Å². The second kappa shape index (κ2) is 5.98. The summed E-state index contributed by atoms with van der Waals surface area (Å²) < 4.78 is 9.85. The Balaban J connectivity index is 3.17. The van der Waals surface area contributed by atoms with Crippen molar-refractivity contribution in [2.24, 2.45) is 0 Å². The molecule has 0 atom stereocenters. The Morgan fingerprint density at radius 1 is 1.56 bits per heavy atom. The van der Waals surface area contributed by atoms with Crippen molar-refractivity contribution in [3.05, 3.63) is 0 Å². The smallest absolute Gasteiger partial charge is 0.142 e. The summed E-state index contributed by atoms with van der Waals surface area (Å²) in [5, 5.41) is 8.67. The van der Waals surface area contributed by atoms with Crippen molar-refractivity contribution in [2.45, 2.75) is 32.6 Å². The van der Waals surface area contributed by atoms with Gasteiger partial charge in [-0.3, -0.25) is 0 Å². The molecule has 0 rings (SSSR count). The van der Waals surface area contributed by atoms with Crippen molar-refractivity contribution in [1.29, 1.82) is 0 Å². The molecular formula is C6H12O2S. The van der Waals surface area contributed by atoms with Gasteiger partial charge < -0.3 is 5.11 Å². The highest BCUT2D eigenvalue weighted by Gasteiger charge is 1.90. The first-order valence-corrected chi connectivity index (χ1v) is 3.90. The topological polar surface area (TPSA) is 37.3 Å². The Hall–Kier alpha value is -0.150. The summed E-state index contributed by atoms with van der Waals surface area (Å²) in [7, 11) is 0. The van der Waals surface area contributed by atoms with Crippen LogP contribution in [0.2, 0.25) is 0 Å². The number of hydrogen-bond acceptors (Lipinski definition) is 1. The average Bonchev–Trinajstić information content (AvgIpc) is 1.89. The maximum Gasteiger partial charge on any atom is 0.142 e. The van der Waals surface area contributed by atoms with Crippen molar-refractivity contribution in [3.8, 4) is 0 Å². The molecule has 0 amide bonds. The van der Waals surface area contributed by atoms with E-state index in [1.165, 1.54) is 0 Å². The molecule has 3 heteroatoms. The van der Waals surface area contributed by atoms with Crippen LogP contribution in [0.1, 0.15) is 32.6 Å². The van der Waals surface area contributed by atoms with Gasteiger partial charge in [0.1, 0.15) is 16.3 Å². The Bertz CT molecular complexity index is 116. The molecule has 0 aromatic heterocycles. The first-order valence-electron chi connectivity index (χ1n) is 3.16. The molecule has 0 saturated carbocycles. The normalized spacial score (nSPS) is 9.11. The van der Waals surface area contributed by atoms with Gasteiger partial charge >= 0.3 is 0 Å². The highest BCUT2D eigenvalue weighted by molar-refractivity contribution is 7.66. The van der Waals surface area contributed by atoms with Crippen LogP contribution in [0.25, 0.3) is 0 Å². The summed E-state index contributed by atoms with van der Waals surface area (Å²) in [6.45, 7) is 2.08. The first kappa shape index (κ1) is 8.85. The zero-order valence-corrected chi connectivity index (χ0v) is 6.41. The fraction of sp³-hybridized carbons (Fsp3) is 0.833. The second-order valence-corrected chi connectivity index (χ2v) is 2.57. The molecule has 0 aliphatic heterocycles. The third-order valence-electron chi connectivity index (χ3n) is 1.09. The van der Waals surface area contributed by atoms with Crippen LogP contribution in [0.5, 0.6) is 0 Å². The van der Waals surface area contributed by atoms with E-state index in [-0.39, 0.29) is 16.3 Å². The van der Waals surface area contributed by atoms with Gasteiger partial charge in [0.2, 0.25) is 0 Å². The number of aliphatic hydroxyl groups is 1. The summed E-state index contributed by atoms with van der Waals surface area (Å²) in [4.78, 5) is 0. The third kappa shape index (κ3) is 5.73. The number of unbranched alkanes of at least 4 members (excludes halogenated alkanes) is 2. The average molecular weight is 148 g/mol. The van der Waals surface area contributed by atoms with Crippen LogP contribution in [-0.4, -0.2) is 14.4 Å². The highest BCUT2D eigenvalue weighted by atomic mass is 32.1. The molecule has 0 fully saturated rings. The maximum atomic E-state index is 9.85. The van der Waals surface area contributed by atoms with E-state index >= 15 is 0 Å². The minimum atomic E-state index is 0.0171. The van der Waals surface area contributed by atoms with Gasteiger partial charge in [-0.25, -0.2) is 4.21 Å². The molecule has 0 aliphatic rings. The van der Waals surface area contributed by atoms with Crippen LogP contribution in [0, 0.1) is 0 Å². The van der Waals surface area contributed by atoms with E-state index in [0.29, 0.717) is 6.42 Å². The number of rotatable bonds is 4. The third-order valence-corrected chi connectivity index (χ3v) is 1.49. The van der Waals surface area contributed by atoms with Crippen LogP contribution in [-0.2, 0) is 11.3 Å². The number of aliphatic hydroxyl groups excluding tert-OH is 1. The molecule has 1 N–H and O–H groups in total. The van der Waals surface area contributed by atoms with E-state index in [1.54, 1.807) is 0 Å². The summed E-state index contributed by atoms with van der Waals surface area (Å²) in [5.74, 6) is 0. The van der Waals surface area contributed by atoms with E-state index in [4.69, 9.17) is 5.11 Å². The minimum Gasteiger partial charge on any atom is -0.353 e. The van der Waals surface area contributed by atoms with E-state index in [0.717, 1.165) is 19.3 Å². The van der Waals surface area contributed by atoms with Gasteiger partial charge in [-0.2, -0.15) is 0 Å². The molecule has 0 heterocycles. The molecule has 0 spiro atoms. The molecule has 2 nitrogen and oxygen atoms in total. The van der Waals surface area contributed by atoms with Gasteiger partial charge in [-0.05, 0) is 6.42 Å². The molecule has 0 saturated heterocycles. The first-order chi connectivity index (χ1) is 4.31. The van der Waals surface area contributed by atoms with Gasteiger partial charge in [0.25, 0.3) is 0 Å². The van der Waals surface area contributed by atoms with Crippen LogP contribution in [0.3, 0.4) is 0 Å². The monoisotopic (exact) mass is 148 g/mol. The fourth-order valence-electron chi connectivity index (χ4n) is 0.568. The van der Waals surface area contributed by atoms with E-state index in [2.05, 4.69) is 6.92 Å². The molecule has 0 aromatic rings. The lowest BCUT2D eigenvalue weighted by atomic mass is 10.2. The van der Waals surface area contributed by atoms with Gasteiger partial charge in [0, 0.05) is 6.42 Å². The predicted molar refractivity (Wildman–Crippen MR) is 39.9 cm³/mol. The summed E-state index contributed by atoms with van der Waals surface area (Å²) in [6.07, 6.45) is 3.70. The molecule has 0 bridgehead atoms. The number of hydrogen-bond donors (Lipinski definition) is 1. The van der Waals surface area contributed by atoms with Crippen LogP contribution in [0.4, 0.5) is 0 Å². The molecular weight excluding hydrogens is 136 g/mol. The summed E-state index contributed by atoms with van der Waals surface area (Å²) >= 11 is 0.197. The minimum absolute atomic E-state index is 0.0171. The van der Waals surface area contributed by atoms with Crippen LogP contribution in [0.15, 0.2) is 0 Å². The molecule has 54 valence electrons. The van der Waals surface area contributed by atoms with Crippen molar-refractivity contribution in [3.63, 3.8) is 0 Å². The highest BCUT2D eigenvalue weighted by Crippen LogP contribution is 1.97. The van der Waals surface area contributed by atoms with Gasteiger partial charge in [0.05, 0.1) is 0 Å². The lowest BCUT2D eigenvalue weighted by molar-refractivity contribution is 0.536. The quantitative estimate of drug-likeness (QED) is 0.484. The Morgan fingerprint density at radius 2 is 2.22 bits per heavy atom. The molecule has 0 aromatic carbocycles. The van der Waals surface area contributed by atoms with Crippen LogP contribution < -0.4 is 0 Å². The summed E-state index contributed by atoms with van der Waals surface area (Å²) in [6, 6.07) is 0. The SMILES string of the molecule is CCCCCC(O)=S=O. The molecule has 0 aliphatic carbocycles. The maximum absolute atomic E-state index is 9.85. The molecule has 0 unspecified atom stereocenters. The van der Waals surface area contributed by atoms with Gasteiger partial charge in [-0.15, -0.1) is 0 Å². The van der Waals surface area contributed by atoms with E-state index in [9.17, 15) is 4.21 Å². The summed E-state index contributed by atoms with van der Waals surface area (Å²) in [5.41, 5.74) is 0. The largest absolute Gasteiger partial charge is 0.353 e. The Labute approximate surface area is 59.0 Å². The van der Waals surface area contributed by atoms with Crippen molar-refractivity contribution >= 4 is 16.3 Å². The predicted octanol–water partition coefficient (Wildman–Crippen LogP) is 1.47. The van der Waals surface area contributed by atoms with Crippen molar-refractivity contribution in [1.82, 2.24) is 0 Å². The standard InChI is InChI=1S/C6H12O2S/c1-2-3-4-5-6(7)9-8/h7H,2-5H2,1H3. The van der Waals surface area contributed by atoms with Crippen LogP contribution >= 0.6 is 0 Å². The Kier molecular flexibility index (Phi) is 5.88. The lowest BCUT2D eigenvalue weighted by Crippen LogP contribution is -1.93. The van der Waals surface area contributed by atoms with E-state index < -0.39 is 0 Å². The zero-order chi connectivity index (χ0) is 7.11. The second-order valence-electron chi connectivity index (χ2n) is 1.93. The van der Waals surface area contributed by atoms with Gasteiger partial charge in [-0.1, -0.05) is 19.8 Å².